The van der Waals surface area contributed by atoms with Crippen LogP contribution < -0.4 is 10.1 Å². The van der Waals surface area contributed by atoms with Crippen molar-refractivity contribution in [3.8, 4) is 17.0 Å². The van der Waals surface area contributed by atoms with Crippen molar-refractivity contribution in [3.05, 3.63) is 65.8 Å². The van der Waals surface area contributed by atoms with Gasteiger partial charge in [0.15, 0.2) is 0 Å². The van der Waals surface area contributed by atoms with Crippen molar-refractivity contribution in [3.63, 3.8) is 0 Å². The van der Waals surface area contributed by atoms with Gasteiger partial charge in [-0.3, -0.25) is 5.32 Å². The van der Waals surface area contributed by atoms with Gasteiger partial charge in [-0.05, 0) is 36.4 Å². The molecule has 124 valence electrons. The minimum absolute atomic E-state index is 0.135. The quantitative estimate of drug-likeness (QED) is 0.598. The van der Waals surface area contributed by atoms with Gasteiger partial charge in [0.1, 0.15) is 11.6 Å². The maximum Gasteiger partial charge on any atom is 0.419 e. The first-order chi connectivity index (χ1) is 12.2. The monoisotopic (exact) mass is 354 g/mol. The third-order valence-electron chi connectivity index (χ3n) is 3.39. The topological polar surface area (TPSA) is 68.5 Å². The fraction of sp³-hybridized carbons (Fsp3) is 0. The van der Waals surface area contributed by atoms with Gasteiger partial charge in [-0.25, -0.2) is 13.7 Å². The van der Waals surface area contributed by atoms with E-state index in [0.29, 0.717) is 10.7 Å². The van der Waals surface area contributed by atoms with Crippen LogP contribution in [-0.4, -0.2) is 20.7 Å². The summed E-state index contributed by atoms with van der Waals surface area (Å²) in [5.74, 6) is 0.254. The highest BCUT2D eigenvalue weighted by Gasteiger charge is 2.14. The zero-order valence-corrected chi connectivity index (χ0v) is 13.5. The molecule has 0 aliphatic carbocycles. The number of fused-ring (bicyclic) bond motifs is 1. The minimum atomic E-state index is -0.673. The van der Waals surface area contributed by atoms with Gasteiger partial charge in [0.25, 0.3) is 5.95 Å². The summed E-state index contributed by atoms with van der Waals surface area (Å²) in [7, 11) is 0. The van der Waals surface area contributed by atoms with Crippen molar-refractivity contribution in [2.45, 2.75) is 0 Å². The van der Waals surface area contributed by atoms with Crippen LogP contribution in [0.4, 0.5) is 15.1 Å². The molecule has 4 aromatic rings. The summed E-state index contributed by atoms with van der Waals surface area (Å²) in [5.41, 5.74) is 1.56. The Kier molecular flexibility index (Phi) is 3.87. The van der Waals surface area contributed by atoms with Gasteiger partial charge >= 0.3 is 6.09 Å². The number of hydrogen-bond acceptors (Lipinski definition) is 5. The number of para-hydroxylation sites is 1. The summed E-state index contributed by atoms with van der Waals surface area (Å²) in [6.45, 7) is 0. The maximum atomic E-state index is 13.1. The minimum Gasteiger partial charge on any atom is -0.410 e. The van der Waals surface area contributed by atoms with Gasteiger partial charge in [-0.15, -0.1) is 16.4 Å². The van der Waals surface area contributed by atoms with Crippen molar-refractivity contribution < 1.29 is 13.9 Å². The number of halogens is 1. The van der Waals surface area contributed by atoms with Crippen LogP contribution in [0.2, 0.25) is 0 Å². The molecule has 0 unspecified atom stereocenters. The van der Waals surface area contributed by atoms with Gasteiger partial charge in [-0.2, -0.15) is 4.98 Å². The SMILES string of the molecule is O=C(Nc1nc2scc(-c3ccc(F)cc3)n2n1)Oc1ccccc1. The zero-order chi connectivity index (χ0) is 17.2. The Morgan fingerprint density at radius 1 is 1.12 bits per heavy atom. The van der Waals surface area contributed by atoms with E-state index in [-0.39, 0.29) is 11.8 Å². The number of nitrogens with one attached hydrogen (secondary N) is 1. The molecule has 0 bridgehead atoms. The highest BCUT2D eigenvalue weighted by Crippen LogP contribution is 2.26. The van der Waals surface area contributed by atoms with E-state index in [1.165, 1.54) is 23.5 Å². The molecular weight excluding hydrogens is 343 g/mol. The van der Waals surface area contributed by atoms with Crippen LogP contribution in [0, 0.1) is 5.82 Å². The van der Waals surface area contributed by atoms with E-state index in [1.807, 2.05) is 11.4 Å². The highest BCUT2D eigenvalue weighted by molar-refractivity contribution is 7.15. The molecule has 0 spiro atoms. The molecule has 0 saturated heterocycles. The third kappa shape index (κ3) is 3.20. The van der Waals surface area contributed by atoms with Crippen LogP contribution in [0.1, 0.15) is 0 Å². The molecule has 0 saturated carbocycles. The lowest BCUT2D eigenvalue weighted by Crippen LogP contribution is -2.17. The van der Waals surface area contributed by atoms with Crippen molar-refractivity contribution in [2.24, 2.45) is 0 Å². The summed E-state index contributed by atoms with van der Waals surface area (Å²) in [6.07, 6.45) is -0.673. The number of anilines is 1. The first-order valence-electron chi connectivity index (χ1n) is 7.33. The average Bonchev–Trinajstić information content (AvgIpc) is 3.16. The van der Waals surface area contributed by atoms with Crippen molar-refractivity contribution in [1.82, 2.24) is 14.6 Å². The normalized spacial score (nSPS) is 10.8. The first kappa shape index (κ1) is 15.3. The van der Waals surface area contributed by atoms with E-state index in [1.54, 1.807) is 40.9 Å². The lowest BCUT2D eigenvalue weighted by atomic mass is 10.2. The molecule has 2 aromatic carbocycles. The average molecular weight is 354 g/mol. The molecule has 2 aromatic heterocycles. The zero-order valence-electron chi connectivity index (χ0n) is 12.7. The van der Waals surface area contributed by atoms with Crippen LogP contribution in [-0.2, 0) is 0 Å². The second kappa shape index (κ2) is 6.33. The first-order valence-corrected chi connectivity index (χ1v) is 8.21. The highest BCUT2D eigenvalue weighted by atomic mass is 32.1. The molecule has 4 rings (SSSR count). The van der Waals surface area contributed by atoms with Crippen molar-refractivity contribution in [1.29, 1.82) is 0 Å². The Balaban J connectivity index is 1.55. The van der Waals surface area contributed by atoms with E-state index in [4.69, 9.17) is 4.74 Å². The van der Waals surface area contributed by atoms with Gasteiger partial charge in [0, 0.05) is 10.9 Å². The number of carbonyl (C=O) groups excluding carboxylic acids is 1. The van der Waals surface area contributed by atoms with Crippen LogP contribution in [0.25, 0.3) is 16.2 Å². The Hall–Kier alpha value is -3.26. The Labute approximate surface area is 145 Å². The fourth-order valence-electron chi connectivity index (χ4n) is 2.27. The number of hydrogen-bond donors (Lipinski definition) is 1. The molecule has 2 heterocycles. The number of ether oxygens (including phenoxy) is 1. The molecular formula is C17H11FN4O2S. The van der Waals surface area contributed by atoms with Crippen LogP contribution in [0.3, 0.4) is 0 Å². The number of carbonyl (C=O) groups is 1. The van der Waals surface area contributed by atoms with Gasteiger partial charge < -0.3 is 4.74 Å². The second-order valence-electron chi connectivity index (χ2n) is 5.09. The van der Waals surface area contributed by atoms with E-state index >= 15 is 0 Å². The van der Waals surface area contributed by atoms with Crippen molar-refractivity contribution in [2.75, 3.05) is 5.32 Å². The summed E-state index contributed by atoms with van der Waals surface area (Å²) in [6, 6.07) is 14.8. The Morgan fingerprint density at radius 2 is 1.88 bits per heavy atom. The smallest absolute Gasteiger partial charge is 0.410 e. The van der Waals surface area contributed by atoms with Gasteiger partial charge in [0.2, 0.25) is 4.96 Å². The van der Waals surface area contributed by atoms with Gasteiger partial charge in [0.05, 0.1) is 5.69 Å². The fourth-order valence-corrected chi connectivity index (χ4v) is 3.10. The largest absolute Gasteiger partial charge is 0.419 e. The number of aromatic nitrogens is 3. The van der Waals surface area contributed by atoms with Crippen LogP contribution >= 0.6 is 11.3 Å². The summed E-state index contributed by atoms with van der Waals surface area (Å²) >= 11 is 1.37. The molecule has 8 heteroatoms. The molecule has 6 nitrogen and oxygen atoms in total. The van der Waals surface area contributed by atoms with Gasteiger partial charge in [-0.1, -0.05) is 18.2 Å². The number of rotatable bonds is 3. The number of amides is 1. The van der Waals surface area contributed by atoms with E-state index in [2.05, 4.69) is 15.4 Å². The maximum absolute atomic E-state index is 13.1. The molecule has 25 heavy (non-hydrogen) atoms. The number of thiazole rings is 1. The lowest BCUT2D eigenvalue weighted by Gasteiger charge is -2.03. The number of nitrogens with zero attached hydrogens (tertiary/aromatic N) is 3. The Bertz CT molecular complexity index is 1030. The number of benzene rings is 2. The molecule has 0 atom stereocenters. The van der Waals surface area contributed by atoms with E-state index in [9.17, 15) is 9.18 Å². The standard InChI is InChI=1S/C17H11FN4O2S/c18-12-8-6-11(7-9-12)14-10-25-16-19-15(21-22(14)16)20-17(23)24-13-4-2-1-3-5-13/h1-10H,(H,20,21,23). The van der Waals surface area contributed by atoms with E-state index < -0.39 is 6.09 Å². The predicted molar refractivity (Wildman–Crippen MR) is 92.3 cm³/mol. The molecule has 1 amide bonds. The molecule has 0 aliphatic rings. The predicted octanol–water partition coefficient (Wildman–Crippen LogP) is 4.21. The molecule has 0 radical (unpaired) electrons. The molecule has 0 fully saturated rings. The van der Waals surface area contributed by atoms with Crippen LogP contribution in [0.15, 0.2) is 60.0 Å². The Morgan fingerprint density at radius 3 is 2.64 bits per heavy atom. The van der Waals surface area contributed by atoms with E-state index in [0.717, 1.165) is 11.3 Å². The summed E-state index contributed by atoms with van der Waals surface area (Å²) in [5, 5.41) is 8.63. The lowest BCUT2D eigenvalue weighted by molar-refractivity contribution is 0.215. The van der Waals surface area contributed by atoms with Crippen molar-refractivity contribution >= 4 is 28.3 Å². The summed E-state index contributed by atoms with van der Waals surface area (Å²) in [4.78, 5) is 16.8. The molecule has 0 aliphatic heterocycles. The second-order valence-corrected chi connectivity index (χ2v) is 5.92. The van der Waals surface area contributed by atoms with Crippen LogP contribution in [0.5, 0.6) is 5.75 Å². The summed E-state index contributed by atoms with van der Waals surface area (Å²) < 4.78 is 19.8. The third-order valence-corrected chi connectivity index (χ3v) is 4.21. The molecule has 1 N–H and O–H groups in total.